The number of piperidine rings is 1. The van der Waals surface area contributed by atoms with E-state index in [-0.39, 0.29) is 30.4 Å². The molecule has 2 aromatic carbocycles. The van der Waals surface area contributed by atoms with Crippen LogP contribution in [0.4, 0.5) is 26.3 Å². The van der Waals surface area contributed by atoms with Gasteiger partial charge in [0.1, 0.15) is 0 Å². The topological polar surface area (TPSA) is 12.5 Å². The zero-order chi connectivity index (χ0) is 24.3. The largest absolute Gasteiger partial charge is 0.416 e. The molecular formula is C25H23F6NOS. The fourth-order valence-electron chi connectivity index (χ4n) is 4.36. The predicted molar refractivity (Wildman–Crippen MR) is 118 cm³/mol. The number of hydrogen-bond acceptors (Lipinski definition) is 3. The van der Waals surface area contributed by atoms with Gasteiger partial charge in [-0.05, 0) is 60.2 Å². The Labute approximate surface area is 197 Å². The molecule has 2 atom stereocenters. The SMILES string of the molecule is FC(F)(F)c1cc(CO[C@@H]2CCCN(Cc3cccs3)[C@@H]2c2ccccc2)cc(C(F)(F)F)c1. The van der Waals surface area contributed by atoms with Crippen LogP contribution < -0.4 is 0 Å². The molecule has 1 aromatic heterocycles. The molecule has 9 heteroatoms. The number of nitrogens with zero attached hydrogens (tertiary/aromatic N) is 1. The number of thiophene rings is 1. The lowest BCUT2D eigenvalue weighted by Crippen LogP contribution is -2.42. The third-order valence-electron chi connectivity index (χ3n) is 5.87. The molecule has 2 nitrogen and oxygen atoms in total. The number of ether oxygens (including phenoxy) is 1. The van der Waals surface area contributed by atoms with Gasteiger partial charge in [-0.1, -0.05) is 36.4 Å². The summed E-state index contributed by atoms with van der Waals surface area (Å²) in [5, 5.41) is 2.00. The Morgan fingerprint density at radius 1 is 0.882 bits per heavy atom. The van der Waals surface area contributed by atoms with Gasteiger partial charge in [0.2, 0.25) is 0 Å². The molecule has 0 spiro atoms. The van der Waals surface area contributed by atoms with E-state index in [4.69, 9.17) is 4.74 Å². The minimum Gasteiger partial charge on any atom is -0.372 e. The van der Waals surface area contributed by atoms with Crippen LogP contribution in [0.25, 0.3) is 0 Å². The molecule has 0 bridgehead atoms. The Kier molecular flexibility index (Phi) is 7.35. The number of likely N-dealkylation sites (tertiary alicyclic amines) is 1. The molecule has 0 unspecified atom stereocenters. The Bertz CT molecular complexity index is 1030. The van der Waals surface area contributed by atoms with Crippen LogP contribution in [0, 0.1) is 0 Å². The first-order valence-electron chi connectivity index (χ1n) is 10.8. The van der Waals surface area contributed by atoms with Gasteiger partial charge in [-0.3, -0.25) is 4.90 Å². The van der Waals surface area contributed by atoms with Crippen molar-refractivity contribution in [3.05, 3.63) is 93.2 Å². The maximum absolute atomic E-state index is 13.2. The standard InChI is InChI=1S/C25H23F6NOS/c26-24(27,28)19-12-17(13-20(14-19)25(29,30)31)16-33-22-9-4-10-32(15-21-8-5-11-34-21)23(22)18-6-2-1-3-7-18/h1-3,5-8,11-14,22-23H,4,9-10,15-16H2/t22-,23-/m1/s1. The first kappa shape index (κ1) is 24.8. The number of benzene rings is 2. The van der Waals surface area contributed by atoms with Crippen LogP contribution in [0.15, 0.2) is 66.0 Å². The summed E-state index contributed by atoms with van der Waals surface area (Å²) in [7, 11) is 0. The fraction of sp³-hybridized carbons (Fsp3) is 0.360. The Hall–Kier alpha value is -2.36. The van der Waals surface area contributed by atoms with Crippen LogP contribution >= 0.6 is 11.3 Å². The maximum Gasteiger partial charge on any atom is 0.416 e. The molecule has 182 valence electrons. The molecule has 0 N–H and O–H groups in total. The second kappa shape index (κ2) is 10.1. The highest BCUT2D eigenvalue weighted by Crippen LogP contribution is 2.38. The molecule has 3 aromatic rings. The second-order valence-electron chi connectivity index (χ2n) is 8.31. The maximum atomic E-state index is 13.2. The summed E-state index contributed by atoms with van der Waals surface area (Å²) in [6.07, 6.45) is -8.67. The van der Waals surface area contributed by atoms with Crippen molar-refractivity contribution in [1.82, 2.24) is 4.90 Å². The van der Waals surface area contributed by atoms with E-state index in [0.717, 1.165) is 30.7 Å². The van der Waals surface area contributed by atoms with Crippen LogP contribution in [-0.4, -0.2) is 17.5 Å². The average molecular weight is 500 g/mol. The van der Waals surface area contributed by atoms with E-state index in [9.17, 15) is 26.3 Å². The molecule has 0 saturated carbocycles. The van der Waals surface area contributed by atoms with Crippen molar-refractivity contribution in [1.29, 1.82) is 0 Å². The van der Waals surface area contributed by atoms with Gasteiger partial charge in [0.05, 0.1) is 29.9 Å². The van der Waals surface area contributed by atoms with Crippen molar-refractivity contribution in [2.75, 3.05) is 6.54 Å². The summed E-state index contributed by atoms with van der Waals surface area (Å²) in [4.78, 5) is 3.44. The van der Waals surface area contributed by atoms with E-state index >= 15 is 0 Å². The number of hydrogen-bond donors (Lipinski definition) is 0. The van der Waals surface area contributed by atoms with Crippen LogP contribution in [0.1, 0.15) is 46.0 Å². The van der Waals surface area contributed by atoms with Crippen molar-refractivity contribution < 1.29 is 31.1 Å². The van der Waals surface area contributed by atoms with E-state index in [1.54, 1.807) is 11.3 Å². The molecule has 1 fully saturated rings. The lowest BCUT2D eigenvalue weighted by atomic mass is 9.92. The van der Waals surface area contributed by atoms with Crippen molar-refractivity contribution >= 4 is 11.3 Å². The van der Waals surface area contributed by atoms with E-state index < -0.39 is 23.5 Å². The van der Waals surface area contributed by atoms with Crippen LogP contribution in [0.3, 0.4) is 0 Å². The monoisotopic (exact) mass is 499 g/mol. The Morgan fingerprint density at radius 3 is 2.15 bits per heavy atom. The van der Waals surface area contributed by atoms with Crippen molar-refractivity contribution in [2.24, 2.45) is 0 Å². The quantitative estimate of drug-likeness (QED) is 0.322. The van der Waals surface area contributed by atoms with Gasteiger partial charge in [-0.15, -0.1) is 11.3 Å². The van der Waals surface area contributed by atoms with Gasteiger partial charge in [0.25, 0.3) is 0 Å². The number of rotatable bonds is 6. The molecule has 1 aliphatic rings. The summed E-state index contributed by atoms with van der Waals surface area (Å²) in [6.45, 7) is 1.17. The molecule has 34 heavy (non-hydrogen) atoms. The highest BCUT2D eigenvalue weighted by molar-refractivity contribution is 7.09. The lowest BCUT2D eigenvalue weighted by Gasteiger charge is -2.41. The number of alkyl halides is 6. The summed E-state index contributed by atoms with van der Waals surface area (Å²) >= 11 is 1.64. The van der Waals surface area contributed by atoms with Crippen molar-refractivity contribution in [3.63, 3.8) is 0 Å². The lowest BCUT2D eigenvalue weighted by molar-refractivity contribution is -0.143. The first-order chi connectivity index (χ1) is 16.1. The summed E-state index contributed by atoms with van der Waals surface area (Å²) in [6, 6.07) is 15.1. The predicted octanol–water partition coefficient (Wildman–Crippen LogP) is 7.71. The normalized spacial score (nSPS) is 19.9. The van der Waals surface area contributed by atoms with E-state index in [1.165, 1.54) is 4.88 Å². The summed E-state index contributed by atoms with van der Waals surface area (Å²) in [5.74, 6) is 0. The molecule has 1 aliphatic heterocycles. The van der Waals surface area contributed by atoms with Crippen molar-refractivity contribution in [2.45, 2.75) is 50.5 Å². The van der Waals surface area contributed by atoms with E-state index in [2.05, 4.69) is 4.90 Å². The van der Waals surface area contributed by atoms with Crippen LogP contribution in [0.5, 0.6) is 0 Å². The Morgan fingerprint density at radius 2 is 1.56 bits per heavy atom. The van der Waals surface area contributed by atoms with E-state index in [1.807, 2.05) is 47.8 Å². The third-order valence-corrected chi connectivity index (χ3v) is 6.73. The smallest absolute Gasteiger partial charge is 0.372 e. The highest BCUT2D eigenvalue weighted by Gasteiger charge is 2.38. The summed E-state index contributed by atoms with van der Waals surface area (Å²) in [5.41, 5.74) is -1.81. The highest BCUT2D eigenvalue weighted by atomic mass is 32.1. The molecule has 0 amide bonds. The van der Waals surface area contributed by atoms with Crippen LogP contribution in [-0.2, 0) is 30.2 Å². The third kappa shape index (κ3) is 6.00. The first-order valence-corrected chi connectivity index (χ1v) is 11.7. The van der Waals surface area contributed by atoms with Gasteiger partial charge >= 0.3 is 12.4 Å². The Balaban J connectivity index is 1.59. The van der Waals surface area contributed by atoms with Gasteiger partial charge < -0.3 is 4.74 Å². The molecule has 0 radical (unpaired) electrons. The van der Waals surface area contributed by atoms with Crippen LogP contribution in [0.2, 0.25) is 0 Å². The van der Waals surface area contributed by atoms with Gasteiger partial charge in [-0.25, -0.2) is 0 Å². The fourth-order valence-corrected chi connectivity index (χ4v) is 5.09. The number of halogens is 6. The average Bonchev–Trinajstić information content (AvgIpc) is 3.30. The molecular weight excluding hydrogens is 476 g/mol. The summed E-state index contributed by atoms with van der Waals surface area (Å²) < 4.78 is 85.4. The zero-order valence-corrected chi connectivity index (χ0v) is 18.9. The molecule has 1 saturated heterocycles. The van der Waals surface area contributed by atoms with Gasteiger partial charge in [-0.2, -0.15) is 26.3 Å². The van der Waals surface area contributed by atoms with Crippen molar-refractivity contribution in [3.8, 4) is 0 Å². The molecule has 4 rings (SSSR count). The van der Waals surface area contributed by atoms with E-state index in [0.29, 0.717) is 13.0 Å². The zero-order valence-electron chi connectivity index (χ0n) is 18.1. The second-order valence-corrected chi connectivity index (χ2v) is 9.34. The molecule has 0 aliphatic carbocycles. The van der Waals surface area contributed by atoms with Gasteiger partial charge in [0, 0.05) is 11.4 Å². The minimum atomic E-state index is -4.88. The molecule has 2 heterocycles. The minimum absolute atomic E-state index is 0.139. The van der Waals surface area contributed by atoms with Gasteiger partial charge in [0.15, 0.2) is 0 Å².